The quantitative estimate of drug-likeness (QED) is 0.803. The highest BCUT2D eigenvalue weighted by atomic mass is 14.2. The second-order valence-corrected chi connectivity index (χ2v) is 5.38. The fourth-order valence-electron chi connectivity index (χ4n) is 1.81. The Morgan fingerprint density at radius 1 is 0.810 bits per heavy atom. The average Bonchev–Trinajstić information content (AvgIpc) is 2.49. The van der Waals surface area contributed by atoms with Gasteiger partial charge in [-0.3, -0.25) is 0 Å². The zero-order valence-electron chi connectivity index (χ0n) is 12.8. The van der Waals surface area contributed by atoms with E-state index in [9.17, 15) is 0 Å². The molecule has 0 amide bonds. The number of hydrogen-bond acceptors (Lipinski definition) is 2. The maximum Gasteiger partial charge on any atom is 0.0991 e. The molecule has 0 aromatic heterocycles. The van der Waals surface area contributed by atoms with E-state index in [0.29, 0.717) is 5.92 Å². The van der Waals surface area contributed by atoms with Crippen LogP contribution in [-0.4, -0.2) is 0 Å². The maximum absolute atomic E-state index is 8.56. The van der Waals surface area contributed by atoms with E-state index in [4.69, 9.17) is 10.5 Å². The Bertz CT molecular complexity index is 623. The molecule has 0 atom stereocenters. The third-order valence-corrected chi connectivity index (χ3v) is 2.91. The molecule has 0 saturated heterocycles. The summed E-state index contributed by atoms with van der Waals surface area (Å²) in [7, 11) is 0. The molecule has 2 heteroatoms. The van der Waals surface area contributed by atoms with Crippen molar-refractivity contribution in [2.24, 2.45) is 5.92 Å². The third-order valence-electron chi connectivity index (χ3n) is 2.91. The summed E-state index contributed by atoms with van der Waals surface area (Å²) in [6.07, 6.45) is 1.09. The minimum absolute atomic E-state index is 0.679. The van der Waals surface area contributed by atoms with Gasteiger partial charge < -0.3 is 0 Å². The zero-order valence-corrected chi connectivity index (χ0v) is 12.8. The largest absolute Gasteiger partial charge is 0.192 e. The van der Waals surface area contributed by atoms with Gasteiger partial charge in [-0.25, -0.2) is 0 Å². The summed E-state index contributed by atoms with van der Waals surface area (Å²) in [5.74, 6) is 0.679. The number of aryl methyl sites for hydroxylation is 1. The van der Waals surface area contributed by atoms with Gasteiger partial charge in [0.2, 0.25) is 0 Å². The van der Waals surface area contributed by atoms with Crippen molar-refractivity contribution < 1.29 is 0 Å². The molecule has 0 aliphatic carbocycles. The number of hydrogen-bond donors (Lipinski definition) is 0. The fraction of sp³-hybridized carbons (Fsp3) is 0.263. The first-order chi connectivity index (χ1) is 10.0. The van der Waals surface area contributed by atoms with Crippen LogP contribution in [0, 0.1) is 35.5 Å². The van der Waals surface area contributed by atoms with Crippen molar-refractivity contribution >= 4 is 0 Å². The standard InChI is InChI=1S/C11H13N.C8H7N/c1-9(2)7-10-3-5-11(8-12)6-4-10;1-7-2-4-8(6-9)5-3-7/h3-6,9H,7H2,1-2H3;2-5H,1H3. The van der Waals surface area contributed by atoms with Gasteiger partial charge in [-0.1, -0.05) is 43.7 Å². The van der Waals surface area contributed by atoms with E-state index in [2.05, 4.69) is 26.0 Å². The van der Waals surface area contributed by atoms with E-state index in [1.165, 1.54) is 11.1 Å². The lowest BCUT2D eigenvalue weighted by Gasteiger charge is -2.03. The summed E-state index contributed by atoms with van der Waals surface area (Å²) in [6.45, 7) is 6.39. The normalized spacial score (nSPS) is 9.24. The van der Waals surface area contributed by atoms with E-state index in [0.717, 1.165) is 17.5 Å². The molecular weight excluding hydrogens is 256 g/mol. The first-order valence-electron chi connectivity index (χ1n) is 7.01. The molecule has 0 spiro atoms. The predicted molar refractivity (Wildman–Crippen MR) is 85.6 cm³/mol. The summed E-state index contributed by atoms with van der Waals surface area (Å²) in [4.78, 5) is 0. The van der Waals surface area contributed by atoms with Crippen molar-refractivity contribution in [1.82, 2.24) is 0 Å². The molecule has 0 heterocycles. The van der Waals surface area contributed by atoms with E-state index in [1.807, 2.05) is 55.5 Å². The van der Waals surface area contributed by atoms with Crippen molar-refractivity contribution in [2.75, 3.05) is 0 Å². The molecule has 0 fully saturated rings. The Balaban J connectivity index is 0.000000219. The highest BCUT2D eigenvalue weighted by molar-refractivity contribution is 5.32. The van der Waals surface area contributed by atoms with Gasteiger partial charge in [-0.2, -0.15) is 10.5 Å². The van der Waals surface area contributed by atoms with Gasteiger partial charge in [0, 0.05) is 0 Å². The van der Waals surface area contributed by atoms with Gasteiger partial charge in [0.15, 0.2) is 0 Å². The zero-order chi connectivity index (χ0) is 15.7. The third kappa shape index (κ3) is 6.41. The Hall–Kier alpha value is -2.58. The van der Waals surface area contributed by atoms with Crippen LogP contribution >= 0.6 is 0 Å². The van der Waals surface area contributed by atoms with Crippen molar-refractivity contribution in [2.45, 2.75) is 27.2 Å². The number of nitrogens with zero attached hydrogens (tertiary/aromatic N) is 2. The van der Waals surface area contributed by atoms with Crippen LogP contribution < -0.4 is 0 Å². The first kappa shape index (κ1) is 16.5. The highest BCUT2D eigenvalue weighted by Gasteiger charge is 1.96. The molecule has 0 aliphatic heterocycles. The lowest BCUT2D eigenvalue weighted by Crippen LogP contribution is -1.93. The SMILES string of the molecule is CC(C)Cc1ccc(C#N)cc1.Cc1ccc(C#N)cc1. The van der Waals surface area contributed by atoms with Gasteiger partial charge in [0.1, 0.15) is 0 Å². The van der Waals surface area contributed by atoms with Crippen LogP contribution in [0.25, 0.3) is 0 Å². The van der Waals surface area contributed by atoms with Crippen molar-refractivity contribution in [1.29, 1.82) is 10.5 Å². The molecule has 0 aliphatic rings. The van der Waals surface area contributed by atoms with Crippen LogP contribution in [0.1, 0.15) is 36.1 Å². The first-order valence-corrected chi connectivity index (χ1v) is 7.01. The molecule has 2 nitrogen and oxygen atoms in total. The monoisotopic (exact) mass is 276 g/mol. The molecule has 0 radical (unpaired) electrons. The molecule has 2 aromatic rings. The van der Waals surface area contributed by atoms with Gasteiger partial charge >= 0.3 is 0 Å². The summed E-state index contributed by atoms with van der Waals surface area (Å²) in [5.41, 5.74) is 3.96. The van der Waals surface area contributed by atoms with E-state index >= 15 is 0 Å². The van der Waals surface area contributed by atoms with Crippen LogP contribution in [0.2, 0.25) is 0 Å². The van der Waals surface area contributed by atoms with Crippen LogP contribution in [0.3, 0.4) is 0 Å². The molecule has 21 heavy (non-hydrogen) atoms. The molecular formula is C19H20N2. The summed E-state index contributed by atoms with van der Waals surface area (Å²) in [6, 6.07) is 19.4. The van der Waals surface area contributed by atoms with E-state index in [-0.39, 0.29) is 0 Å². The molecule has 2 aromatic carbocycles. The smallest absolute Gasteiger partial charge is 0.0991 e. The van der Waals surface area contributed by atoms with Crippen LogP contribution in [-0.2, 0) is 6.42 Å². The second kappa shape index (κ2) is 8.56. The number of rotatable bonds is 2. The molecule has 0 N–H and O–H groups in total. The molecule has 106 valence electrons. The van der Waals surface area contributed by atoms with Crippen LogP contribution in [0.15, 0.2) is 48.5 Å². The molecule has 0 bridgehead atoms. The lowest BCUT2D eigenvalue weighted by molar-refractivity contribution is 0.647. The summed E-state index contributed by atoms with van der Waals surface area (Å²) < 4.78 is 0. The highest BCUT2D eigenvalue weighted by Crippen LogP contribution is 2.08. The summed E-state index contributed by atoms with van der Waals surface area (Å²) in [5, 5.41) is 16.9. The van der Waals surface area contributed by atoms with Crippen molar-refractivity contribution in [3.05, 3.63) is 70.8 Å². The van der Waals surface area contributed by atoms with Crippen molar-refractivity contribution in [3.8, 4) is 12.1 Å². The lowest BCUT2D eigenvalue weighted by atomic mass is 10.0. The van der Waals surface area contributed by atoms with E-state index < -0.39 is 0 Å². The number of nitriles is 2. The topological polar surface area (TPSA) is 47.6 Å². The van der Waals surface area contributed by atoms with Gasteiger partial charge in [0.25, 0.3) is 0 Å². The average molecular weight is 276 g/mol. The van der Waals surface area contributed by atoms with Crippen LogP contribution in [0.4, 0.5) is 0 Å². The van der Waals surface area contributed by atoms with Gasteiger partial charge in [-0.15, -0.1) is 0 Å². The van der Waals surface area contributed by atoms with Gasteiger partial charge in [-0.05, 0) is 49.1 Å². The Labute approximate surface area is 127 Å². The predicted octanol–water partition coefficient (Wildman–Crippen LogP) is 4.62. The van der Waals surface area contributed by atoms with Gasteiger partial charge in [0.05, 0.1) is 23.3 Å². The molecule has 0 saturated carbocycles. The minimum Gasteiger partial charge on any atom is -0.192 e. The Morgan fingerprint density at radius 2 is 1.24 bits per heavy atom. The minimum atomic E-state index is 0.679. The maximum atomic E-state index is 8.56. The second-order valence-electron chi connectivity index (χ2n) is 5.38. The molecule has 2 rings (SSSR count). The Morgan fingerprint density at radius 3 is 1.62 bits per heavy atom. The van der Waals surface area contributed by atoms with E-state index in [1.54, 1.807) is 0 Å². The Kier molecular flexibility index (Phi) is 6.72. The number of benzene rings is 2. The summed E-state index contributed by atoms with van der Waals surface area (Å²) >= 11 is 0. The van der Waals surface area contributed by atoms with Crippen molar-refractivity contribution in [3.63, 3.8) is 0 Å². The van der Waals surface area contributed by atoms with Crippen LogP contribution in [0.5, 0.6) is 0 Å². The molecule has 0 unspecified atom stereocenters. The fourth-order valence-corrected chi connectivity index (χ4v) is 1.81.